The van der Waals surface area contributed by atoms with Crippen LogP contribution in [0.15, 0.2) is 0 Å². The molecule has 0 heterocycles. The molecule has 2 nitrogen and oxygen atoms in total. The Kier molecular flexibility index (Phi) is 5.46. The molecule has 3 N–H and O–H groups in total. The van der Waals surface area contributed by atoms with E-state index in [-0.39, 0.29) is 0 Å². The van der Waals surface area contributed by atoms with Gasteiger partial charge in [0, 0.05) is 13.1 Å². The van der Waals surface area contributed by atoms with Crippen LogP contribution in [0.4, 0.5) is 0 Å². The maximum atomic E-state index is 6.01. The Morgan fingerprint density at radius 3 is 2.24 bits per heavy atom. The van der Waals surface area contributed by atoms with Crippen molar-refractivity contribution in [3.05, 3.63) is 0 Å². The molecule has 0 aliphatic heterocycles. The lowest BCUT2D eigenvalue weighted by Gasteiger charge is -2.38. The molecular formula is C15H32N2. The first-order valence-corrected chi connectivity index (χ1v) is 7.33. The van der Waals surface area contributed by atoms with Gasteiger partial charge in [-0.15, -0.1) is 0 Å². The number of rotatable bonds is 6. The highest BCUT2D eigenvalue weighted by Crippen LogP contribution is 2.35. The monoisotopic (exact) mass is 240 g/mol. The average Bonchev–Trinajstić information content (AvgIpc) is 2.30. The Morgan fingerprint density at radius 2 is 1.76 bits per heavy atom. The van der Waals surface area contributed by atoms with Crippen LogP contribution in [0.5, 0.6) is 0 Å². The highest BCUT2D eigenvalue weighted by molar-refractivity contribution is 4.87. The second-order valence-electron chi connectivity index (χ2n) is 7.01. The zero-order chi connectivity index (χ0) is 12.9. The average molecular weight is 240 g/mol. The SMILES string of the molecule is CC(C)C(C)(C)CNCC1(CN)CCCCC1. The van der Waals surface area contributed by atoms with Crippen molar-refractivity contribution in [1.82, 2.24) is 5.32 Å². The zero-order valence-corrected chi connectivity index (χ0v) is 12.3. The van der Waals surface area contributed by atoms with Crippen LogP contribution in [-0.4, -0.2) is 19.6 Å². The van der Waals surface area contributed by atoms with Crippen LogP contribution in [0.1, 0.15) is 59.8 Å². The summed E-state index contributed by atoms with van der Waals surface area (Å²) in [4.78, 5) is 0. The van der Waals surface area contributed by atoms with Crippen molar-refractivity contribution in [1.29, 1.82) is 0 Å². The first-order valence-electron chi connectivity index (χ1n) is 7.33. The Hall–Kier alpha value is -0.0800. The molecule has 0 spiro atoms. The minimum absolute atomic E-state index is 0.379. The van der Waals surface area contributed by atoms with Gasteiger partial charge < -0.3 is 11.1 Å². The van der Waals surface area contributed by atoms with Gasteiger partial charge >= 0.3 is 0 Å². The molecule has 17 heavy (non-hydrogen) atoms. The van der Waals surface area contributed by atoms with Gasteiger partial charge in [0.1, 0.15) is 0 Å². The fourth-order valence-electron chi connectivity index (χ4n) is 2.61. The Labute approximate surface area is 108 Å². The summed E-state index contributed by atoms with van der Waals surface area (Å²) in [6.07, 6.45) is 6.77. The lowest BCUT2D eigenvalue weighted by molar-refractivity contribution is 0.169. The van der Waals surface area contributed by atoms with Crippen LogP contribution in [0.25, 0.3) is 0 Å². The van der Waals surface area contributed by atoms with E-state index in [9.17, 15) is 0 Å². The molecule has 0 aromatic carbocycles. The largest absolute Gasteiger partial charge is 0.330 e. The standard InChI is InChI=1S/C15H32N2/c1-13(2)14(3,4)11-17-12-15(10-16)8-6-5-7-9-15/h13,17H,5-12,16H2,1-4H3. The van der Waals surface area contributed by atoms with Gasteiger partial charge in [0.2, 0.25) is 0 Å². The fourth-order valence-corrected chi connectivity index (χ4v) is 2.61. The smallest absolute Gasteiger partial charge is 0.00201 e. The van der Waals surface area contributed by atoms with Gasteiger partial charge in [-0.2, -0.15) is 0 Å². The van der Waals surface area contributed by atoms with Gasteiger partial charge in [0.15, 0.2) is 0 Å². The zero-order valence-electron chi connectivity index (χ0n) is 12.3. The van der Waals surface area contributed by atoms with Crippen molar-refractivity contribution in [2.24, 2.45) is 22.5 Å². The quantitative estimate of drug-likeness (QED) is 0.748. The number of nitrogens with two attached hydrogens (primary N) is 1. The first-order chi connectivity index (χ1) is 7.92. The summed E-state index contributed by atoms with van der Waals surface area (Å²) >= 11 is 0. The Bertz CT molecular complexity index is 215. The van der Waals surface area contributed by atoms with E-state index in [1.165, 1.54) is 32.1 Å². The maximum Gasteiger partial charge on any atom is 0.00201 e. The van der Waals surface area contributed by atoms with Crippen molar-refractivity contribution in [2.75, 3.05) is 19.6 Å². The summed E-state index contributed by atoms with van der Waals surface area (Å²) in [6, 6.07) is 0. The van der Waals surface area contributed by atoms with E-state index >= 15 is 0 Å². The van der Waals surface area contributed by atoms with Crippen molar-refractivity contribution < 1.29 is 0 Å². The highest BCUT2D eigenvalue weighted by atomic mass is 14.9. The molecule has 0 amide bonds. The summed E-state index contributed by atoms with van der Waals surface area (Å²) < 4.78 is 0. The van der Waals surface area contributed by atoms with Gasteiger partial charge in [0.25, 0.3) is 0 Å². The summed E-state index contributed by atoms with van der Waals surface area (Å²) in [5.41, 5.74) is 6.78. The molecule has 1 rings (SSSR count). The van der Waals surface area contributed by atoms with Gasteiger partial charge in [-0.05, 0) is 36.1 Å². The molecule has 0 radical (unpaired) electrons. The first kappa shape index (κ1) is 15.0. The third-order valence-electron chi connectivity index (χ3n) is 4.99. The lowest BCUT2D eigenvalue weighted by Crippen LogP contribution is -2.45. The van der Waals surface area contributed by atoms with Crippen LogP contribution in [0, 0.1) is 16.7 Å². The molecule has 0 aromatic heterocycles. The molecule has 1 saturated carbocycles. The van der Waals surface area contributed by atoms with Gasteiger partial charge in [-0.3, -0.25) is 0 Å². The van der Waals surface area contributed by atoms with Crippen molar-refractivity contribution in [3.63, 3.8) is 0 Å². The Morgan fingerprint density at radius 1 is 1.18 bits per heavy atom. The minimum Gasteiger partial charge on any atom is -0.330 e. The predicted molar refractivity (Wildman–Crippen MR) is 76.1 cm³/mol. The van der Waals surface area contributed by atoms with E-state index in [1.54, 1.807) is 0 Å². The molecule has 0 unspecified atom stereocenters. The third kappa shape index (κ3) is 4.26. The predicted octanol–water partition coefficient (Wildman–Crippen LogP) is 3.17. The van der Waals surface area contributed by atoms with E-state index in [4.69, 9.17) is 5.73 Å². The van der Waals surface area contributed by atoms with Crippen LogP contribution in [0.2, 0.25) is 0 Å². The number of hydrogen-bond acceptors (Lipinski definition) is 2. The van der Waals surface area contributed by atoms with Crippen LogP contribution in [-0.2, 0) is 0 Å². The molecule has 1 aliphatic carbocycles. The summed E-state index contributed by atoms with van der Waals surface area (Å²) in [5.74, 6) is 0.718. The molecule has 0 atom stereocenters. The van der Waals surface area contributed by atoms with E-state index in [0.717, 1.165) is 25.6 Å². The van der Waals surface area contributed by atoms with Gasteiger partial charge in [-0.25, -0.2) is 0 Å². The minimum atomic E-state index is 0.379. The van der Waals surface area contributed by atoms with E-state index in [0.29, 0.717) is 10.8 Å². The molecule has 1 aliphatic rings. The molecule has 2 heteroatoms. The molecule has 0 saturated heterocycles. The van der Waals surface area contributed by atoms with E-state index < -0.39 is 0 Å². The van der Waals surface area contributed by atoms with E-state index in [1.807, 2.05) is 0 Å². The normalized spacial score (nSPS) is 20.8. The maximum absolute atomic E-state index is 6.01. The van der Waals surface area contributed by atoms with Crippen LogP contribution < -0.4 is 11.1 Å². The fraction of sp³-hybridized carbons (Fsp3) is 1.00. The second-order valence-corrected chi connectivity index (χ2v) is 7.01. The number of hydrogen-bond donors (Lipinski definition) is 2. The number of nitrogens with one attached hydrogen (secondary N) is 1. The van der Waals surface area contributed by atoms with Crippen molar-refractivity contribution in [2.45, 2.75) is 59.8 Å². The topological polar surface area (TPSA) is 38.0 Å². The highest BCUT2D eigenvalue weighted by Gasteiger charge is 2.31. The summed E-state index contributed by atoms with van der Waals surface area (Å²) in [7, 11) is 0. The lowest BCUT2D eigenvalue weighted by atomic mass is 9.73. The second kappa shape index (κ2) is 6.19. The van der Waals surface area contributed by atoms with Gasteiger partial charge in [0.05, 0.1) is 0 Å². The Balaban J connectivity index is 2.38. The molecular weight excluding hydrogens is 208 g/mol. The van der Waals surface area contributed by atoms with Crippen LogP contribution >= 0.6 is 0 Å². The summed E-state index contributed by atoms with van der Waals surface area (Å²) in [5, 5.41) is 3.69. The van der Waals surface area contributed by atoms with Crippen molar-refractivity contribution in [3.8, 4) is 0 Å². The summed E-state index contributed by atoms with van der Waals surface area (Å²) in [6.45, 7) is 12.4. The molecule has 102 valence electrons. The van der Waals surface area contributed by atoms with E-state index in [2.05, 4.69) is 33.0 Å². The third-order valence-corrected chi connectivity index (χ3v) is 4.99. The van der Waals surface area contributed by atoms with Crippen molar-refractivity contribution >= 4 is 0 Å². The van der Waals surface area contributed by atoms with Gasteiger partial charge in [-0.1, -0.05) is 47.0 Å². The molecule has 0 bridgehead atoms. The van der Waals surface area contributed by atoms with Crippen LogP contribution in [0.3, 0.4) is 0 Å². The molecule has 0 aromatic rings. The molecule has 1 fully saturated rings.